The van der Waals surface area contributed by atoms with Gasteiger partial charge in [-0.25, -0.2) is 9.78 Å². The highest BCUT2D eigenvalue weighted by Crippen LogP contribution is 2.39. The maximum Gasteiger partial charge on any atom is 0.331 e. The molecule has 0 N–H and O–H groups in total. The van der Waals surface area contributed by atoms with Crippen LogP contribution in [0.3, 0.4) is 0 Å². The van der Waals surface area contributed by atoms with Gasteiger partial charge in [-0.05, 0) is 50.6 Å². The minimum Gasteiger partial charge on any atom is -0.454 e. The molecule has 5 heterocycles. The molecule has 4 aliphatic heterocycles. The zero-order chi connectivity index (χ0) is 23.9. The first-order valence-electron chi connectivity index (χ1n) is 13.3. The van der Waals surface area contributed by atoms with Crippen LogP contribution in [0.4, 0.5) is 0 Å². The summed E-state index contributed by atoms with van der Waals surface area (Å²) in [7, 11) is 0. The monoisotopic (exact) mass is 474 g/mol. The lowest BCUT2D eigenvalue weighted by atomic mass is 9.82. The number of piperidine rings is 4. The van der Waals surface area contributed by atoms with E-state index < -0.39 is 5.54 Å². The smallest absolute Gasteiger partial charge is 0.331 e. The fourth-order valence-corrected chi connectivity index (χ4v) is 6.64. The number of carbonyl (C=O) groups is 1. The number of quaternary nitrogens is 1. The SMILES string of the molecule is CC(C(=O)O[C@H]1C[N+]2(Cc3nc4ccccc4o3)CCC1CC2)(c1ccccc1)N1CCCCC1. The summed E-state index contributed by atoms with van der Waals surface area (Å²) in [4.78, 5) is 21.1. The summed E-state index contributed by atoms with van der Waals surface area (Å²) in [5, 5.41) is 0. The number of aromatic nitrogens is 1. The Balaban J connectivity index is 1.23. The average molecular weight is 475 g/mol. The Morgan fingerprint density at radius 3 is 2.51 bits per heavy atom. The van der Waals surface area contributed by atoms with Crippen LogP contribution >= 0.6 is 0 Å². The Hall–Kier alpha value is -2.70. The van der Waals surface area contributed by atoms with Gasteiger partial charge in [0.05, 0.1) is 13.1 Å². The largest absolute Gasteiger partial charge is 0.454 e. The molecule has 2 aromatic carbocycles. The van der Waals surface area contributed by atoms with Crippen molar-refractivity contribution in [3.05, 3.63) is 66.1 Å². The molecule has 4 fully saturated rings. The zero-order valence-corrected chi connectivity index (χ0v) is 20.7. The fourth-order valence-electron chi connectivity index (χ4n) is 6.64. The summed E-state index contributed by atoms with van der Waals surface area (Å²) in [5.41, 5.74) is 2.04. The molecule has 0 amide bonds. The number of hydrogen-bond donors (Lipinski definition) is 0. The predicted octanol–water partition coefficient (Wildman–Crippen LogP) is 4.88. The van der Waals surface area contributed by atoms with E-state index in [1.165, 1.54) is 6.42 Å². The van der Waals surface area contributed by atoms with Gasteiger partial charge in [0.15, 0.2) is 18.2 Å². The zero-order valence-electron chi connectivity index (χ0n) is 20.7. The van der Waals surface area contributed by atoms with E-state index in [-0.39, 0.29) is 12.1 Å². The van der Waals surface area contributed by atoms with E-state index in [0.717, 1.165) is 92.0 Å². The van der Waals surface area contributed by atoms with Crippen LogP contribution in [0.1, 0.15) is 50.5 Å². The van der Waals surface area contributed by atoms with Crippen LogP contribution in [0.5, 0.6) is 0 Å². The molecule has 6 nitrogen and oxygen atoms in total. The van der Waals surface area contributed by atoms with Gasteiger partial charge in [-0.1, -0.05) is 48.9 Å². The first-order valence-corrected chi connectivity index (χ1v) is 13.3. The van der Waals surface area contributed by atoms with Crippen molar-refractivity contribution in [3.63, 3.8) is 0 Å². The Morgan fingerprint density at radius 2 is 1.77 bits per heavy atom. The molecule has 4 saturated heterocycles. The fraction of sp³-hybridized carbons (Fsp3) is 0.517. The van der Waals surface area contributed by atoms with Gasteiger partial charge in [-0.15, -0.1) is 0 Å². The quantitative estimate of drug-likeness (QED) is 0.376. The van der Waals surface area contributed by atoms with Crippen molar-refractivity contribution in [3.8, 4) is 0 Å². The number of oxazole rings is 1. The molecule has 0 spiro atoms. The summed E-state index contributed by atoms with van der Waals surface area (Å²) in [5.74, 6) is 1.15. The lowest BCUT2D eigenvalue weighted by molar-refractivity contribution is -0.959. The minimum absolute atomic E-state index is 0.0535. The molecule has 6 heteroatoms. The van der Waals surface area contributed by atoms with Gasteiger partial charge in [-0.3, -0.25) is 4.90 Å². The summed E-state index contributed by atoms with van der Waals surface area (Å²) < 4.78 is 13.4. The van der Waals surface area contributed by atoms with Gasteiger partial charge in [0, 0.05) is 18.8 Å². The van der Waals surface area contributed by atoms with Crippen molar-refractivity contribution in [2.75, 3.05) is 32.7 Å². The number of para-hydroxylation sites is 2. The molecule has 0 saturated carbocycles. The normalized spacial score (nSPS) is 28.6. The molecule has 2 atom stereocenters. The standard InChI is InChI=1S/C29H36N3O3/c1-29(23-10-4-2-5-11-23,31-16-8-3-9-17-31)28(33)35-26-20-32(18-14-22(26)15-19-32)21-27-30-24-12-6-7-13-25(24)34-27/h2,4-7,10-13,22,26H,3,8-9,14-21H2,1H3/q+1/t22?,26-,29?,32?/m0/s1. The lowest BCUT2D eigenvalue weighted by Crippen LogP contribution is -2.64. The van der Waals surface area contributed by atoms with Crippen molar-refractivity contribution < 1.29 is 18.4 Å². The van der Waals surface area contributed by atoms with Gasteiger partial charge in [0.1, 0.15) is 17.6 Å². The maximum absolute atomic E-state index is 14.0. The highest BCUT2D eigenvalue weighted by Gasteiger charge is 2.51. The van der Waals surface area contributed by atoms with Crippen molar-refractivity contribution >= 4 is 17.1 Å². The second-order valence-electron chi connectivity index (χ2n) is 11.0. The van der Waals surface area contributed by atoms with Crippen molar-refractivity contribution in [2.24, 2.45) is 5.92 Å². The maximum atomic E-state index is 14.0. The summed E-state index contributed by atoms with van der Waals surface area (Å²) in [6, 6.07) is 18.2. The van der Waals surface area contributed by atoms with Crippen LogP contribution in [0.25, 0.3) is 11.1 Å². The van der Waals surface area contributed by atoms with Crippen LogP contribution < -0.4 is 0 Å². The number of fused-ring (bicyclic) bond motifs is 4. The molecule has 1 aromatic heterocycles. The molecule has 3 aromatic rings. The highest BCUT2D eigenvalue weighted by molar-refractivity contribution is 5.82. The summed E-state index contributed by atoms with van der Waals surface area (Å²) in [6.07, 6.45) is 5.62. The number of likely N-dealkylation sites (tertiary alicyclic amines) is 1. The van der Waals surface area contributed by atoms with E-state index in [1.807, 2.05) is 42.5 Å². The molecule has 35 heavy (non-hydrogen) atoms. The number of carbonyl (C=O) groups excluding carboxylic acids is 1. The van der Waals surface area contributed by atoms with Crippen molar-refractivity contribution in [2.45, 2.75) is 57.2 Å². The molecule has 0 aliphatic carbocycles. The lowest BCUT2D eigenvalue weighted by Gasteiger charge is -2.52. The minimum atomic E-state index is -0.751. The molecule has 7 rings (SSSR count). The molecule has 184 valence electrons. The third-order valence-electron chi connectivity index (χ3n) is 8.83. The van der Waals surface area contributed by atoms with Crippen LogP contribution in [0.15, 0.2) is 59.0 Å². The Bertz CT molecular complexity index is 1150. The Labute approximate surface area is 207 Å². The third kappa shape index (κ3) is 4.17. The molecular weight excluding hydrogens is 438 g/mol. The summed E-state index contributed by atoms with van der Waals surface area (Å²) >= 11 is 0. The molecule has 1 unspecified atom stereocenters. The first-order chi connectivity index (χ1) is 17.1. The Kier molecular flexibility index (Phi) is 5.89. The third-order valence-corrected chi connectivity index (χ3v) is 8.83. The topological polar surface area (TPSA) is 55.6 Å². The second-order valence-corrected chi connectivity index (χ2v) is 11.0. The molecule has 4 aliphatic rings. The molecule has 0 radical (unpaired) electrons. The van der Waals surface area contributed by atoms with Crippen molar-refractivity contribution in [1.82, 2.24) is 9.88 Å². The van der Waals surface area contributed by atoms with Crippen LogP contribution in [0.2, 0.25) is 0 Å². The van der Waals surface area contributed by atoms with Gasteiger partial charge < -0.3 is 13.6 Å². The van der Waals surface area contributed by atoms with Crippen LogP contribution in [0, 0.1) is 5.92 Å². The van der Waals surface area contributed by atoms with E-state index in [9.17, 15) is 4.79 Å². The Morgan fingerprint density at radius 1 is 1.06 bits per heavy atom. The first kappa shape index (κ1) is 22.7. The van der Waals surface area contributed by atoms with Gasteiger partial charge in [0.2, 0.25) is 0 Å². The second kappa shape index (κ2) is 9.07. The van der Waals surface area contributed by atoms with E-state index >= 15 is 0 Å². The van der Waals surface area contributed by atoms with E-state index in [0.29, 0.717) is 5.92 Å². The van der Waals surface area contributed by atoms with E-state index in [2.05, 4.69) is 24.0 Å². The number of benzene rings is 2. The number of nitrogens with zero attached hydrogens (tertiary/aromatic N) is 3. The van der Waals surface area contributed by atoms with Gasteiger partial charge in [0.25, 0.3) is 5.89 Å². The van der Waals surface area contributed by atoms with E-state index in [4.69, 9.17) is 14.1 Å². The number of hydrogen-bond acceptors (Lipinski definition) is 5. The van der Waals surface area contributed by atoms with Crippen molar-refractivity contribution in [1.29, 1.82) is 0 Å². The van der Waals surface area contributed by atoms with Gasteiger partial charge >= 0.3 is 5.97 Å². The predicted molar refractivity (Wildman–Crippen MR) is 134 cm³/mol. The highest BCUT2D eigenvalue weighted by atomic mass is 16.5. The van der Waals surface area contributed by atoms with E-state index in [1.54, 1.807) is 0 Å². The molecular formula is C29H36N3O3+. The number of rotatable bonds is 6. The average Bonchev–Trinajstić information content (AvgIpc) is 3.31. The van der Waals surface area contributed by atoms with Crippen LogP contribution in [-0.2, 0) is 21.6 Å². The van der Waals surface area contributed by atoms with Gasteiger partial charge in [-0.2, -0.15) is 0 Å². The van der Waals surface area contributed by atoms with Crippen LogP contribution in [-0.4, -0.2) is 59.2 Å². The molecule has 2 bridgehead atoms. The summed E-state index contributed by atoms with van der Waals surface area (Å²) in [6.45, 7) is 7.75. The number of esters is 1. The number of ether oxygens (including phenoxy) is 1.